The van der Waals surface area contributed by atoms with E-state index in [0.29, 0.717) is 0 Å². The maximum Gasteiger partial charge on any atom is 0.239 e. The van der Waals surface area contributed by atoms with Crippen molar-refractivity contribution < 1.29 is 26.0 Å². The summed E-state index contributed by atoms with van der Waals surface area (Å²) in [6.07, 6.45) is -6.99. The lowest BCUT2D eigenvalue weighted by Gasteiger charge is -2.02. The number of hydrogen-bond acceptors (Lipinski definition) is 2. The van der Waals surface area contributed by atoms with E-state index in [1.165, 1.54) is 0 Å². The summed E-state index contributed by atoms with van der Waals surface area (Å²) in [5.41, 5.74) is 0. The van der Waals surface area contributed by atoms with Crippen LogP contribution < -0.4 is 0 Å². The lowest BCUT2D eigenvalue weighted by Crippen LogP contribution is -2.15. The molecule has 0 aliphatic carbocycles. The van der Waals surface area contributed by atoms with Gasteiger partial charge in [0.05, 0.1) is 11.5 Å². The third-order valence-electron chi connectivity index (χ3n) is 1.29. The Balaban J connectivity index is 3.81. The maximum absolute atomic E-state index is 11.6. The Kier molecular flexibility index (Phi) is 5.27. The SMILES string of the molecule is O=S(=O)(CCC(F)F)CCC(F)F. The molecular weight excluding hydrogens is 212 g/mol. The number of rotatable bonds is 6. The lowest BCUT2D eigenvalue weighted by atomic mass is 10.5. The number of hydrogen-bond donors (Lipinski definition) is 0. The van der Waals surface area contributed by atoms with Crippen LogP contribution in [-0.2, 0) is 9.84 Å². The average Bonchev–Trinajstić information content (AvgIpc) is 1.98. The van der Waals surface area contributed by atoms with Crippen molar-refractivity contribution in [3.8, 4) is 0 Å². The van der Waals surface area contributed by atoms with Crippen molar-refractivity contribution in [2.45, 2.75) is 25.7 Å². The molecule has 0 aliphatic heterocycles. The molecule has 0 unspecified atom stereocenters. The molecule has 0 heterocycles. The van der Waals surface area contributed by atoms with Crippen LogP contribution in [0.15, 0.2) is 0 Å². The Morgan fingerprint density at radius 2 is 1.15 bits per heavy atom. The summed E-state index contributed by atoms with van der Waals surface area (Å²) < 4.78 is 67.8. The monoisotopic (exact) mass is 222 g/mol. The van der Waals surface area contributed by atoms with Gasteiger partial charge in [0.1, 0.15) is 0 Å². The fourth-order valence-electron chi connectivity index (χ4n) is 0.639. The molecule has 7 heteroatoms. The van der Waals surface area contributed by atoms with E-state index in [1.54, 1.807) is 0 Å². The lowest BCUT2D eigenvalue weighted by molar-refractivity contribution is 0.143. The zero-order valence-corrected chi connectivity index (χ0v) is 7.54. The van der Waals surface area contributed by atoms with Gasteiger partial charge in [-0.25, -0.2) is 26.0 Å². The predicted octanol–water partition coefficient (Wildman–Crippen LogP) is 1.71. The Hall–Kier alpha value is -0.330. The molecule has 0 aromatic heterocycles. The van der Waals surface area contributed by atoms with E-state index >= 15 is 0 Å². The standard InChI is InChI=1S/C6H10F4O2S/c7-5(8)1-3-13(11,12)4-2-6(9)10/h5-6H,1-4H2. The molecule has 0 N–H and O–H groups in total. The van der Waals surface area contributed by atoms with Crippen LogP contribution in [0, 0.1) is 0 Å². The van der Waals surface area contributed by atoms with Gasteiger partial charge in [-0.05, 0) is 0 Å². The van der Waals surface area contributed by atoms with Crippen LogP contribution in [0.5, 0.6) is 0 Å². The van der Waals surface area contributed by atoms with Crippen LogP contribution in [0.1, 0.15) is 12.8 Å². The molecule has 2 nitrogen and oxygen atoms in total. The Morgan fingerprint density at radius 3 is 1.38 bits per heavy atom. The van der Waals surface area contributed by atoms with Crippen molar-refractivity contribution >= 4 is 9.84 Å². The summed E-state index contributed by atoms with van der Waals surface area (Å²) >= 11 is 0. The molecule has 0 amide bonds. The third-order valence-corrected chi connectivity index (χ3v) is 3.01. The summed E-state index contributed by atoms with van der Waals surface area (Å²) in [7, 11) is -3.73. The molecule has 0 fully saturated rings. The molecule has 0 spiro atoms. The van der Waals surface area contributed by atoms with Crippen LogP contribution in [0.2, 0.25) is 0 Å². The van der Waals surface area contributed by atoms with Crippen LogP contribution in [0.4, 0.5) is 17.6 Å². The van der Waals surface area contributed by atoms with Crippen LogP contribution >= 0.6 is 0 Å². The highest BCUT2D eigenvalue weighted by atomic mass is 32.2. The minimum atomic E-state index is -3.73. The summed E-state index contributed by atoms with van der Waals surface area (Å²) in [6.45, 7) is 0. The van der Waals surface area contributed by atoms with Crippen molar-refractivity contribution in [1.29, 1.82) is 0 Å². The molecule has 0 bridgehead atoms. The molecule has 0 radical (unpaired) electrons. The summed E-state index contributed by atoms with van der Waals surface area (Å²) in [5, 5.41) is 0. The molecule has 0 atom stereocenters. The second-order valence-electron chi connectivity index (χ2n) is 2.51. The van der Waals surface area contributed by atoms with Gasteiger partial charge in [0.25, 0.3) is 0 Å². The van der Waals surface area contributed by atoms with E-state index in [4.69, 9.17) is 0 Å². The van der Waals surface area contributed by atoms with Crippen molar-refractivity contribution in [1.82, 2.24) is 0 Å². The summed E-state index contributed by atoms with van der Waals surface area (Å²) in [6, 6.07) is 0. The topological polar surface area (TPSA) is 34.1 Å². The van der Waals surface area contributed by atoms with Gasteiger partial charge in [-0.15, -0.1) is 0 Å². The van der Waals surface area contributed by atoms with Crippen molar-refractivity contribution in [2.24, 2.45) is 0 Å². The highest BCUT2D eigenvalue weighted by Gasteiger charge is 2.16. The minimum Gasteiger partial charge on any atom is -0.229 e. The van der Waals surface area contributed by atoms with Gasteiger partial charge in [-0.1, -0.05) is 0 Å². The summed E-state index contributed by atoms with van der Waals surface area (Å²) in [5.74, 6) is -1.45. The minimum absolute atomic E-state index is 0.725. The second-order valence-corrected chi connectivity index (χ2v) is 4.81. The molecule has 0 saturated heterocycles. The van der Waals surface area contributed by atoms with E-state index in [2.05, 4.69) is 0 Å². The Morgan fingerprint density at radius 1 is 0.846 bits per heavy atom. The normalized spacial score (nSPS) is 12.8. The first-order valence-corrected chi connectivity index (χ1v) is 5.42. The smallest absolute Gasteiger partial charge is 0.229 e. The third kappa shape index (κ3) is 8.01. The average molecular weight is 222 g/mol. The largest absolute Gasteiger partial charge is 0.239 e. The number of alkyl halides is 4. The van der Waals surface area contributed by atoms with Gasteiger partial charge in [0, 0.05) is 12.8 Å². The Labute approximate surface area is 73.9 Å². The van der Waals surface area contributed by atoms with Gasteiger partial charge in [0.2, 0.25) is 12.9 Å². The van der Waals surface area contributed by atoms with Crippen molar-refractivity contribution in [3.63, 3.8) is 0 Å². The first-order valence-electron chi connectivity index (χ1n) is 3.60. The van der Waals surface area contributed by atoms with E-state index in [1.807, 2.05) is 0 Å². The fraction of sp³-hybridized carbons (Fsp3) is 1.00. The zero-order chi connectivity index (χ0) is 10.5. The highest BCUT2D eigenvalue weighted by Crippen LogP contribution is 2.07. The van der Waals surface area contributed by atoms with Crippen molar-refractivity contribution in [3.05, 3.63) is 0 Å². The maximum atomic E-state index is 11.6. The second kappa shape index (κ2) is 5.41. The van der Waals surface area contributed by atoms with E-state index in [0.717, 1.165) is 0 Å². The van der Waals surface area contributed by atoms with Crippen LogP contribution in [-0.4, -0.2) is 32.8 Å². The quantitative estimate of drug-likeness (QED) is 0.641. The van der Waals surface area contributed by atoms with Crippen LogP contribution in [0.25, 0.3) is 0 Å². The molecule has 13 heavy (non-hydrogen) atoms. The predicted molar refractivity (Wildman–Crippen MR) is 39.9 cm³/mol. The molecule has 0 saturated carbocycles. The molecule has 0 aromatic rings. The highest BCUT2D eigenvalue weighted by molar-refractivity contribution is 7.91. The van der Waals surface area contributed by atoms with Gasteiger partial charge in [0.15, 0.2) is 9.84 Å². The summed E-state index contributed by atoms with van der Waals surface area (Å²) in [4.78, 5) is 0. The first kappa shape index (κ1) is 12.7. The molecular formula is C6H10F4O2S. The zero-order valence-electron chi connectivity index (χ0n) is 6.72. The molecule has 0 aliphatic rings. The van der Waals surface area contributed by atoms with E-state index < -0.39 is 47.0 Å². The molecule has 80 valence electrons. The molecule has 0 rings (SSSR count). The first-order chi connectivity index (χ1) is 5.83. The van der Waals surface area contributed by atoms with Gasteiger partial charge < -0.3 is 0 Å². The fourth-order valence-corrected chi connectivity index (χ4v) is 1.92. The van der Waals surface area contributed by atoms with Crippen LogP contribution in [0.3, 0.4) is 0 Å². The van der Waals surface area contributed by atoms with E-state index in [-0.39, 0.29) is 0 Å². The van der Waals surface area contributed by atoms with E-state index in [9.17, 15) is 26.0 Å². The van der Waals surface area contributed by atoms with Gasteiger partial charge in [-0.3, -0.25) is 0 Å². The number of sulfone groups is 1. The number of halogens is 4. The van der Waals surface area contributed by atoms with Crippen molar-refractivity contribution in [2.75, 3.05) is 11.5 Å². The van der Waals surface area contributed by atoms with Gasteiger partial charge >= 0.3 is 0 Å². The van der Waals surface area contributed by atoms with Gasteiger partial charge in [-0.2, -0.15) is 0 Å². The Bertz CT molecular complexity index is 207. The molecule has 0 aromatic carbocycles.